The molecule has 1 rings (SSSR count). The fourth-order valence-corrected chi connectivity index (χ4v) is 2.00. The highest BCUT2D eigenvalue weighted by molar-refractivity contribution is 7.80. The monoisotopic (exact) mass is 273 g/mol. The topological polar surface area (TPSA) is 53.6 Å². The largest absolute Gasteiger partial charge is 0.444 e. The summed E-state index contributed by atoms with van der Waals surface area (Å²) in [6, 6.07) is 0.951. The smallest absolute Gasteiger partial charge is 0.413 e. The molecule has 0 aliphatic heterocycles. The van der Waals surface area contributed by atoms with E-state index in [0.717, 1.165) is 12.8 Å². The van der Waals surface area contributed by atoms with Crippen molar-refractivity contribution in [3.8, 4) is 0 Å². The van der Waals surface area contributed by atoms with Crippen molar-refractivity contribution in [1.82, 2.24) is 15.5 Å². The Morgan fingerprint density at radius 3 is 2.33 bits per heavy atom. The van der Waals surface area contributed by atoms with Crippen LogP contribution in [0.3, 0.4) is 0 Å². The van der Waals surface area contributed by atoms with Crippen LogP contribution in [0.15, 0.2) is 0 Å². The first-order chi connectivity index (χ1) is 8.17. The molecule has 0 radical (unpaired) electrons. The lowest BCUT2D eigenvalue weighted by molar-refractivity contribution is 0.0561. The van der Waals surface area contributed by atoms with Crippen molar-refractivity contribution in [2.45, 2.75) is 51.3 Å². The summed E-state index contributed by atoms with van der Waals surface area (Å²) in [6.07, 6.45) is 1.58. The van der Waals surface area contributed by atoms with E-state index in [1.165, 1.54) is 0 Å². The third-order valence-electron chi connectivity index (χ3n) is 2.79. The minimum atomic E-state index is -0.511. The van der Waals surface area contributed by atoms with Gasteiger partial charge in [0.25, 0.3) is 0 Å². The Hall–Kier alpha value is -0.880. The van der Waals surface area contributed by atoms with Gasteiger partial charge in [0, 0.05) is 12.1 Å². The van der Waals surface area contributed by atoms with Gasteiger partial charge >= 0.3 is 6.09 Å². The number of carbonyl (C=O) groups excluding carboxylic acids is 1. The number of alkyl carbamates (subject to hydrolysis) is 1. The Kier molecular flexibility index (Phi) is 4.92. The second kappa shape index (κ2) is 5.84. The molecular formula is C12H23N3O2S. The van der Waals surface area contributed by atoms with Gasteiger partial charge in [-0.3, -0.25) is 5.32 Å². The minimum absolute atomic E-state index is 0.339. The molecule has 0 heterocycles. The van der Waals surface area contributed by atoms with E-state index in [2.05, 4.69) is 29.6 Å². The molecular weight excluding hydrogens is 250 g/mol. The molecule has 0 aromatic heterocycles. The van der Waals surface area contributed by atoms with Gasteiger partial charge in [-0.2, -0.15) is 0 Å². The van der Waals surface area contributed by atoms with Crippen LogP contribution in [-0.2, 0) is 4.74 Å². The molecule has 1 fully saturated rings. The van der Waals surface area contributed by atoms with Gasteiger partial charge in [0.2, 0.25) is 0 Å². The van der Waals surface area contributed by atoms with Crippen molar-refractivity contribution in [2.75, 3.05) is 14.1 Å². The first-order valence-electron chi connectivity index (χ1n) is 6.14. The molecule has 2 N–H and O–H groups in total. The van der Waals surface area contributed by atoms with Crippen LogP contribution in [-0.4, -0.2) is 47.9 Å². The molecule has 1 aliphatic carbocycles. The zero-order chi connectivity index (χ0) is 13.9. The average Bonchev–Trinajstić information content (AvgIpc) is 2.05. The van der Waals surface area contributed by atoms with Crippen molar-refractivity contribution in [2.24, 2.45) is 0 Å². The molecule has 5 nitrogen and oxygen atoms in total. The zero-order valence-corrected chi connectivity index (χ0v) is 12.6. The summed E-state index contributed by atoms with van der Waals surface area (Å²) in [4.78, 5) is 13.7. The summed E-state index contributed by atoms with van der Waals surface area (Å²) in [6.45, 7) is 5.45. The summed E-state index contributed by atoms with van der Waals surface area (Å²) in [7, 11) is 4.14. The van der Waals surface area contributed by atoms with Crippen molar-refractivity contribution in [1.29, 1.82) is 0 Å². The van der Waals surface area contributed by atoms with E-state index >= 15 is 0 Å². The van der Waals surface area contributed by atoms with E-state index in [1.807, 2.05) is 20.8 Å². The Bertz CT molecular complexity index is 320. The van der Waals surface area contributed by atoms with Gasteiger partial charge in [-0.15, -0.1) is 0 Å². The number of hydrogen-bond acceptors (Lipinski definition) is 4. The van der Waals surface area contributed by atoms with Crippen molar-refractivity contribution < 1.29 is 9.53 Å². The average molecular weight is 273 g/mol. The van der Waals surface area contributed by atoms with Crippen LogP contribution in [0.25, 0.3) is 0 Å². The SMILES string of the molecule is CN(C)C1CC(NC(=S)NC(=O)OC(C)(C)C)C1. The quantitative estimate of drug-likeness (QED) is 0.746. The number of nitrogens with one attached hydrogen (secondary N) is 2. The molecule has 1 saturated carbocycles. The second-order valence-corrected chi connectivity index (χ2v) is 6.29. The Balaban J connectivity index is 2.21. The Morgan fingerprint density at radius 1 is 1.33 bits per heavy atom. The number of carbonyl (C=O) groups is 1. The van der Waals surface area contributed by atoms with E-state index in [0.29, 0.717) is 17.2 Å². The van der Waals surface area contributed by atoms with E-state index in [1.54, 1.807) is 0 Å². The molecule has 1 amide bonds. The lowest BCUT2D eigenvalue weighted by atomic mass is 9.86. The first-order valence-corrected chi connectivity index (χ1v) is 6.55. The minimum Gasteiger partial charge on any atom is -0.444 e. The molecule has 1 aliphatic rings. The van der Waals surface area contributed by atoms with E-state index < -0.39 is 11.7 Å². The lowest BCUT2D eigenvalue weighted by Gasteiger charge is -2.40. The molecule has 18 heavy (non-hydrogen) atoms. The first kappa shape index (κ1) is 15.2. The molecule has 0 atom stereocenters. The number of rotatable bonds is 2. The molecule has 6 heteroatoms. The fraction of sp³-hybridized carbons (Fsp3) is 0.833. The van der Waals surface area contributed by atoms with Crippen LogP contribution in [0.4, 0.5) is 4.79 Å². The van der Waals surface area contributed by atoms with Crippen LogP contribution >= 0.6 is 12.2 Å². The maximum atomic E-state index is 11.5. The molecule has 0 saturated heterocycles. The lowest BCUT2D eigenvalue weighted by Crippen LogP contribution is -2.54. The van der Waals surface area contributed by atoms with Crippen molar-refractivity contribution in [3.63, 3.8) is 0 Å². The molecule has 0 unspecified atom stereocenters. The van der Waals surface area contributed by atoms with Gasteiger partial charge < -0.3 is 15.0 Å². The van der Waals surface area contributed by atoms with E-state index in [-0.39, 0.29) is 0 Å². The molecule has 104 valence electrons. The third-order valence-corrected chi connectivity index (χ3v) is 3.01. The van der Waals surface area contributed by atoms with Crippen LogP contribution in [0.2, 0.25) is 0 Å². The van der Waals surface area contributed by atoms with Crippen molar-refractivity contribution >= 4 is 23.4 Å². The summed E-state index contributed by atoms with van der Waals surface area (Å²) >= 11 is 5.06. The summed E-state index contributed by atoms with van der Waals surface area (Å²) < 4.78 is 5.12. The highest BCUT2D eigenvalue weighted by Gasteiger charge is 2.31. The van der Waals surface area contributed by atoms with Gasteiger partial charge in [-0.1, -0.05) is 0 Å². The van der Waals surface area contributed by atoms with Gasteiger partial charge in [0.15, 0.2) is 5.11 Å². The van der Waals surface area contributed by atoms with E-state index in [4.69, 9.17) is 17.0 Å². The van der Waals surface area contributed by atoms with Gasteiger partial charge in [-0.05, 0) is 59.9 Å². The molecule has 0 aromatic carbocycles. The predicted molar refractivity (Wildman–Crippen MR) is 75.6 cm³/mol. The zero-order valence-electron chi connectivity index (χ0n) is 11.7. The van der Waals surface area contributed by atoms with Crippen LogP contribution in [0, 0.1) is 0 Å². The summed E-state index contributed by atoms with van der Waals surface area (Å²) in [5, 5.41) is 5.98. The Labute approximate surface area is 114 Å². The fourth-order valence-electron chi connectivity index (χ4n) is 1.75. The Morgan fingerprint density at radius 2 is 1.89 bits per heavy atom. The molecule has 0 spiro atoms. The molecule has 0 aromatic rings. The van der Waals surface area contributed by atoms with Crippen LogP contribution in [0.5, 0.6) is 0 Å². The van der Waals surface area contributed by atoms with Crippen LogP contribution < -0.4 is 10.6 Å². The predicted octanol–water partition coefficient (Wildman–Crippen LogP) is 1.48. The van der Waals surface area contributed by atoms with E-state index in [9.17, 15) is 4.79 Å². The third kappa shape index (κ3) is 5.18. The second-order valence-electron chi connectivity index (χ2n) is 5.89. The normalized spacial score (nSPS) is 23.2. The van der Waals surface area contributed by atoms with Gasteiger partial charge in [0.05, 0.1) is 0 Å². The number of amides is 1. The number of ether oxygens (including phenoxy) is 1. The standard InChI is InChI=1S/C12H23N3O2S/c1-12(2,3)17-11(16)14-10(18)13-8-6-9(7-8)15(4)5/h8-9H,6-7H2,1-5H3,(H2,13,14,16,18). The van der Waals surface area contributed by atoms with Crippen LogP contribution in [0.1, 0.15) is 33.6 Å². The summed E-state index contributed by atoms with van der Waals surface area (Å²) in [5.74, 6) is 0. The molecule has 0 bridgehead atoms. The van der Waals surface area contributed by atoms with Gasteiger partial charge in [-0.25, -0.2) is 4.79 Å². The number of hydrogen-bond donors (Lipinski definition) is 2. The highest BCUT2D eigenvalue weighted by atomic mass is 32.1. The highest BCUT2D eigenvalue weighted by Crippen LogP contribution is 2.23. The maximum absolute atomic E-state index is 11.5. The maximum Gasteiger partial charge on any atom is 0.413 e. The number of nitrogens with zero attached hydrogens (tertiary/aromatic N) is 1. The number of thiocarbonyl (C=S) groups is 1. The van der Waals surface area contributed by atoms with Crippen molar-refractivity contribution in [3.05, 3.63) is 0 Å². The van der Waals surface area contributed by atoms with Gasteiger partial charge in [0.1, 0.15) is 5.60 Å². The summed E-state index contributed by atoms with van der Waals surface area (Å²) in [5.41, 5.74) is -0.508.